The van der Waals surface area contributed by atoms with Crippen LogP contribution in [0.3, 0.4) is 0 Å². The number of hydrogen-bond donors (Lipinski definition) is 0. The summed E-state index contributed by atoms with van der Waals surface area (Å²) in [5, 5.41) is 0. The smallest absolute Gasteiger partial charge is 0.231 e. The van der Waals surface area contributed by atoms with Crippen molar-refractivity contribution in [1.82, 2.24) is 0 Å². The molecular weight excluding hydrogens is 212 g/mol. The Labute approximate surface area is 106 Å². The van der Waals surface area contributed by atoms with Gasteiger partial charge >= 0.3 is 0 Å². The topological polar surface area (TPSA) is 18.5 Å². The predicted molar refractivity (Wildman–Crippen MR) is 73.8 cm³/mol. The van der Waals surface area contributed by atoms with E-state index in [1.807, 2.05) is 33.8 Å². The number of ether oxygens (including phenoxy) is 2. The molecule has 0 spiro atoms. The molecule has 0 atom stereocenters. The molecule has 0 bridgehead atoms. The Balaban J connectivity index is 0.000000581. The van der Waals surface area contributed by atoms with Crippen molar-refractivity contribution in [3.63, 3.8) is 0 Å². The number of benzene rings is 1. The van der Waals surface area contributed by atoms with Crippen LogP contribution in [0.5, 0.6) is 11.5 Å². The van der Waals surface area contributed by atoms with Crippen LogP contribution < -0.4 is 9.47 Å². The van der Waals surface area contributed by atoms with E-state index in [1.165, 1.54) is 5.56 Å². The number of rotatable bonds is 2. The lowest BCUT2D eigenvalue weighted by molar-refractivity contribution is 0.174. The van der Waals surface area contributed by atoms with Crippen LogP contribution in [0.4, 0.5) is 0 Å². The highest BCUT2D eigenvalue weighted by Crippen LogP contribution is 2.32. The molecule has 17 heavy (non-hydrogen) atoms. The fourth-order valence-corrected chi connectivity index (χ4v) is 1.54. The molecule has 0 aromatic heterocycles. The minimum absolute atomic E-state index is 0.362. The van der Waals surface area contributed by atoms with Crippen molar-refractivity contribution >= 4 is 0 Å². The Morgan fingerprint density at radius 1 is 1.00 bits per heavy atom. The summed E-state index contributed by atoms with van der Waals surface area (Å²) in [6, 6.07) is 6.16. The maximum Gasteiger partial charge on any atom is 0.231 e. The maximum absolute atomic E-state index is 5.30. The van der Waals surface area contributed by atoms with Gasteiger partial charge in [0.25, 0.3) is 0 Å². The third-order valence-electron chi connectivity index (χ3n) is 2.08. The standard InChI is InChI=1S/C11H14O2.2C2H6/c1-8(2)5-9-3-4-10-11(6-9)13-7-12-10;2*1-2/h3-4,6,8H,5,7H2,1-2H3;2*1-2H3. The Morgan fingerprint density at radius 3 is 2.18 bits per heavy atom. The summed E-state index contributed by atoms with van der Waals surface area (Å²) >= 11 is 0. The maximum atomic E-state index is 5.30. The number of hydrogen-bond acceptors (Lipinski definition) is 2. The average Bonchev–Trinajstić information content (AvgIpc) is 2.81. The molecule has 0 saturated carbocycles. The molecule has 0 amide bonds. The molecule has 1 heterocycles. The molecule has 1 aliphatic rings. The molecule has 0 unspecified atom stereocenters. The van der Waals surface area contributed by atoms with Crippen LogP contribution in [-0.2, 0) is 6.42 Å². The largest absolute Gasteiger partial charge is 0.454 e. The third kappa shape index (κ3) is 5.12. The van der Waals surface area contributed by atoms with E-state index in [0.717, 1.165) is 17.9 Å². The molecular formula is C15H26O2. The quantitative estimate of drug-likeness (QED) is 0.745. The van der Waals surface area contributed by atoms with Crippen LogP contribution in [0.1, 0.15) is 47.1 Å². The Bertz CT molecular complexity index is 306. The first-order valence-electron chi connectivity index (χ1n) is 6.64. The highest BCUT2D eigenvalue weighted by atomic mass is 16.7. The summed E-state index contributed by atoms with van der Waals surface area (Å²) in [6.45, 7) is 12.8. The molecule has 2 nitrogen and oxygen atoms in total. The molecule has 0 fully saturated rings. The summed E-state index contributed by atoms with van der Waals surface area (Å²) in [6.07, 6.45) is 1.09. The molecule has 1 aliphatic heterocycles. The summed E-state index contributed by atoms with van der Waals surface area (Å²) < 4.78 is 10.5. The van der Waals surface area contributed by atoms with E-state index >= 15 is 0 Å². The zero-order valence-electron chi connectivity index (χ0n) is 12.0. The molecule has 0 aliphatic carbocycles. The van der Waals surface area contributed by atoms with Gasteiger partial charge in [-0.1, -0.05) is 47.6 Å². The monoisotopic (exact) mass is 238 g/mol. The van der Waals surface area contributed by atoms with Gasteiger partial charge in [0.05, 0.1) is 0 Å². The minimum atomic E-state index is 0.362. The van der Waals surface area contributed by atoms with Gasteiger partial charge < -0.3 is 9.47 Å². The second-order valence-electron chi connectivity index (χ2n) is 3.79. The van der Waals surface area contributed by atoms with Crippen LogP contribution in [0, 0.1) is 5.92 Å². The van der Waals surface area contributed by atoms with E-state index in [2.05, 4.69) is 26.0 Å². The van der Waals surface area contributed by atoms with Crippen molar-refractivity contribution in [2.75, 3.05) is 6.79 Å². The van der Waals surface area contributed by atoms with Gasteiger partial charge in [-0.3, -0.25) is 0 Å². The van der Waals surface area contributed by atoms with Crippen molar-refractivity contribution in [3.8, 4) is 11.5 Å². The van der Waals surface area contributed by atoms with Crippen LogP contribution in [0.15, 0.2) is 18.2 Å². The van der Waals surface area contributed by atoms with Gasteiger partial charge in [0.1, 0.15) is 0 Å². The van der Waals surface area contributed by atoms with E-state index < -0.39 is 0 Å². The lowest BCUT2D eigenvalue weighted by Gasteiger charge is -2.05. The van der Waals surface area contributed by atoms with Crippen molar-refractivity contribution in [3.05, 3.63) is 23.8 Å². The SMILES string of the molecule is CC.CC.CC(C)Cc1ccc2c(c1)OCO2. The highest BCUT2D eigenvalue weighted by Gasteiger charge is 2.13. The van der Waals surface area contributed by atoms with Gasteiger partial charge in [-0.15, -0.1) is 0 Å². The Hall–Kier alpha value is -1.18. The van der Waals surface area contributed by atoms with Gasteiger partial charge in [0.15, 0.2) is 11.5 Å². The lowest BCUT2D eigenvalue weighted by Crippen LogP contribution is -1.94. The summed E-state index contributed by atoms with van der Waals surface area (Å²) in [5.41, 5.74) is 1.32. The minimum Gasteiger partial charge on any atom is -0.454 e. The zero-order valence-corrected chi connectivity index (χ0v) is 12.0. The molecule has 0 N–H and O–H groups in total. The molecule has 0 saturated heterocycles. The second kappa shape index (κ2) is 8.91. The van der Waals surface area contributed by atoms with Gasteiger partial charge in [-0.2, -0.15) is 0 Å². The van der Waals surface area contributed by atoms with E-state index in [0.29, 0.717) is 12.7 Å². The fraction of sp³-hybridized carbons (Fsp3) is 0.600. The molecule has 2 heteroatoms. The number of fused-ring (bicyclic) bond motifs is 1. The van der Waals surface area contributed by atoms with Gasteiger partial charge in [0, 0.05) is 0 Å². The molecule has 1 aromatic rings. The molecule has 0 radical (unpaired) electrons. The van der Waals surface area contributed by atoms with Crippen LogP contribution in [-0.4, -0.2) is 6.79 Å². The summed E-state index contributed by atoms with van der Waals surface area (Å²) in [5.74, 6) is 2.44. The van der Waals surface area contributed by atoms with E-state index in [4.69, 9.17) is 9.47 Å². The first-order valence-corrected chi connectivity index (χ1v) is 6.64. The Morgan fingerprint density at radius 2 is 1.59 bits per heavy atom. The van der Waals surface area contributed by atoms with Gasteiger partial charge in [-0.25, -0.2) is 0 Å². The summed E-state index contributed by atoms with van der Waals surface area (Å²) in [4.78, 5) is 0. The van der Waals surface area contributed by atoms with Crippen LogP contribution >= 0.6 is 0 Å². The average molecular weight is 238 g/mol. The van der Waals surface area contributed by atoms with Crippen molar-refractivity contribution < 1.29 is 9.47 Å². The fourth-order valence-electron chi connectivity index (χ4n) is 1.54. The van der Waals surface area contributed by atoms with Crippen molar-refractivity contribution in [2.24, 2.45) is 5.92 Å². The third-order valence-corrected chi connectivity index (χ3v) is 2.08. The Kier molecular flexibility index (Phi) is 8.29. The van der Waals surface area contributed by atoms with E-state index in [9.17, 15) is 0 Å². The first-order chi connectivity index (χ1) is 8.25. The molecule has 2 rings (SSSR count). The van der Waals surface area contributed by atoms with Crippen molar-refractivity contribution in [2.45, 2.75) is 48.0 Å². The van der Waals surface area contributed by atoms with E-state index in [-0.39, 0.29) is 0 Å². The van der Waals surface area contributed by atoms with Crippen molar-refractivity contribution in [1.29, 1.82) is 0 Å². The predicted octanol–water partition coefficient (Wildman–Crippen LogP) is 4.67. The lowest BCUT2D eigenvalue weighted by atomic mass is 10.0. The summed E-state index contributed by atoms with van der Waals surface area (Å²) in [7, 11) is 0. The first kappa shape index (κ1) is 15.8. The van der Waals surface area contributed by atoms with Crippen LogP contribution in [0.25, 0.3) is 0 Å². The molecule has 1 aromatic carbocycles. The highest BCUT2D eigenvalue weighted by molar-refractivity contribution is 5.44. The van der Waals surface area contributed by atoms with Crippen LogP contribution in [0.2, 0.25) is 0 Å². The second-order valence-corrected chi connectivity index (χ2v) is 3.79. The van der Waals surface area contributed by atoms with E-state index in [1.54, 1.807) is 0 Å². The zero-order chi connectivity index (χ0) is 13.3. The normalized spacial score (nSPS) is 11.2. The van der Waals surface area contributed by atoms with Gasteiger partial charge in [-0.05, 0) is 30.0 Å². The molecule has 98 valence electrons. The van der Waals surface area contributed by atoms with Gasteiger partial charge in [0.2, 0.25) is 6.79 Å².